The van der Waals surface area contributed by atoms with Gasteiger partial charge >= 0.3 is 6.09 Å². The lowest BCUT2D eigenvalue weighted by atomic mass is 9.98. The first kappa shape index (κ1) is 28.2. The van der Waals surface area contributed by atoms with Crippen LogP contribution in [0.4, 0.5) is 4.79 Å². The zero-order valence-electron chi connectivity index (χ0n) is 21.9. The van der Waals surface area contributed by atoms with Crippen LogP contribution in [-0.4, -0.2) is 53.5 Å². The quantitative estimate of drug-likeness (QED) is 0.434. The lowest BCUT2D eigenvalue weighted by Gasteiger charge is -2.25. The molecule has 8 nitrogen and oxygen atoms in total. The minimum Gasteiger partial charge on any atom is -0.449 e. The topological polar surface area (TPSA) is 114 Å². The molecule has 0 unspecified atom stereocenters. The molecule has 2 aromatic carbocycles. The maximum Gasteiger partial charge on any atom is 0.407 e. The van der Waals surface area contributed by atoms with Crippen molar-refractivity contribution in [2.24, 2.45) is 5.92 Å². The second-order valence-electron chi connectivity index (χ2n) is 9.40. The van der Waals surface area contributed by atoms with E-state index in [4.69, 9.17) is 4.74 Å². The van der Waals surface area contributed by atoms with Crippen molar-refractivity contribution in [3.05, 3.63) is 59.7 Å². The Morgan fingerprint density at radius 1 is 0.811 bits per heavy atom. The average Bonchev–Trinajstić information content (AvgIpc) is 3.19. The molecule has 3 rings (SSSR count). The number of hydrogen-bond donors (Lipinski definition) is 3. The van der Waals surface area contributed by atoms with E-state index in [1.54, 1.807) is 20.8 Å². The van der Waals surface area contributed by atoms with E-state index in [1.807, 2.05) is 43.3 Å². The SMILES string of the molecule is CCSC(=O)[C@H](C)NC(=O)[C@@H](NC(=O)[C@H](C)NC(=O)OCC1c2ccccc2-c2ccccc21)C(C)C. The fraction of sp³-hybridized carbons (Fsp3) is 0.429. The second kappa shape index (κ2) is 12.8. The number of amides is 3. The lowest BCUT2D eigenvalue weighted by molar-refractivity contribution is -0.131. The van der Waals surface area contributed by atoms with Crippen molar-refractivity contribution in [2.45, 2.75) is 58.7 Å². The number of ether oxygens (including phenoxy) is 1. The third-order valence-electron chi connectivity index (χ3n) is 6.32. The Kier molecular flexibility index (Phi) is 9.74. The highest BCUT2D eigenvalue weighted by Gasteiger charge is 2.31. The minimum absolute atomic E-state index is 0.0909. The molecule has 3 amide bonds. The van der Waals surface area contributed by atoms with Crippen LogP contribution in [0.5, 0.6) is 0 Å². The summed E-state index contributed by atoms with van der Waals surface area (Å²) in [5.41, 5.74) is 4.44. The summed E-state index contributed by atoms with van der Waals surface area (Å²) in [5.74, 6) is -0.681. The maximum atomic E-state index is 12.8. The van der Waals surface area contributed by atoms with E-state index < -0.39 is 36.0 Å². The number of fused-ring (bicyclic) bond motifs is 3. The van der Waals surface area contributed by atoms with Crippen LogP contribution in [0.25, 0.3) is 11.1 Å². The molecule has 0 radical (unpaired) electrons. The molecule has 0 heterocycles. The van der Waals surface area contributed by atoms with E-state index in [2.05, 4.69) is 28.1 Å². The molecule has 0 aliphatic heterocycles. The Morgan fingerprint density at radius 3 is 1.92 bits per heavy atom. The molecule has 0 aromatic heterocycles. The van der Waals surface area contributed by atoms with E-state index in [0.717, 1.165) is 34.0 Å². The molecular weight excluding hydrogens is 490 g/mol. The van der Waals surface area contributed by atoms with Gasteiger partial charge in [-0.2, -0.15) is 0 Å². The first-order valence-electron chi connectivity index (χ1n) is 12.5. The van der Waals surface area contributed by atoms with Crippen LogP contribution >= 0.6 is 11.8 Å². The predicted molar refractivity (Wildman–Crippen MR) is 145 cm³/mol. The van der Waals surface area contributed by atoms with Crippen molar-refractivity contribution in [1.29, 1.82) is 0 Å². The van der Waals surface area contributed by atoms with Crippen LogP contribution < -0.4 is 16.0 Å². The van der Waals surface area contributed by atoms with Crippen molar-refractivity contribution in [3.8, 4) is 11.1 Å². The molecule has 0 fully saturated rings. The lowest BCUT2D eigenvalue weighted by Crippen LogP contribution is -2.56. The summed E-state index contributed by atoms with van der Waals surface area (Å²) in [6, 6.07) is 13.6. The fourth-order valence-electron chi connectivity index (χ4n) is 4.32. The van der Waals surface area contributed by atoms with Gasteiger partial charge in [-0.3, -0.25) is 14.4 Å². The standard InChI is InChI=1S/C28H35N3O5S/c1-6-37-27(34)18(5)29-26(33)24(16(2)3)31-25(32)17(4)30-28(35)36-15-23-21-13-9-7-11-19(21)20-12-8-10-14-22(20)23/h7-14,16-18,23-24H,6,15H2,1-5H3,(H,29,33)(H,30,35)(H,31,32)/t17-,18-,24-/m0/s1. The monoisotopic (exact) mass is 525 g/mol. The number of nitrogens with one attached hydrogen (secondary N) is 3. The summed E-state index contributed by atoms with van der Waals surface area (Å²) in [5, 5.41) is 7.75. The third-order valence-corrected chi connectivity index (χ3v) is 7.24. The van der Waals surface area contributed by atoms with Crippen molar-refractivity contribution in [2.75, 3.05) is 12.4 Å². The summed E-state index contributed by atoms with van der Waals surface area (Å²) in [6.07, 6.45) is -0.717. The van der Waals surface area contributed by atoms with E-state index in [0.29, 0.717) is 5.75 Å². The van der Waals surface area contributed by atoms with Gasteiger partial charge < -0.3 is 20.7 Å². The van der Waals surface area contributed by atoms with E-state index >= 15 is 0 Å². The summed E-state index contributed by atoms with van der Waals surface area (Å²) >= 11 is 1.13. The Hall–Kier alpha value is -3.33. The fourth-order valence-corrected chi connectivity index (χ4v) is 4.92. The molecule has 37 heavy (non-hydrogen) atoms. The van der Waals surface area contributed by atoms with Crippen LogP contribution in [0.2, 0.25) is 0 Å². The Morgan fingerprint density at radius 2 is 1.38 bits per heavy atom. The van der Waals surface area contributed by atoms with Crippen LogP contribution in [0.1, 0.15) is 51.7 Å². The summed E-state index contributed by atoms with van der Waals surface area (Å²) in [4.78, 5) is 50.1. The highest BCUT2D eigenvalue weighted by Crippen LogP contribution is 2.44. The molecule has 0 saturated heterocycles. The summed E-state index contributed by atoms with van der Waals surface area (Å²) in [6.45, 7) is 8.72. The second-order valence-corrected chi connectivity index (χ2v) is 10.7. The molecule has 1 aliphatic carbocycles. The van der Waals surface area contributed by atoms with Crippen molar-refractivity contribution >= 4 is 34.8 Å². The van der Waals surface area contributed by atoms with Gasteiger partial charge in [-0.25, -0.2) is 4.79 Å². The normalized spacial score (nSPS) is 14.6. The molecule has 3 N–H and O–H groups in total. The summed E-state index contributed by atoms with van der Waals surface area (Å²) in [7, 11) is 0. The smallest absolute Gasteiger partial charge is 0.407 e. The number of rotatable bonds is 10. The predicted octanol–water partition coefficient (Wildman–Crippen LogP) is 3.84. The Labute approximate surface area is 222 Å². The van der Waals surface area contributed by atoms with Gasteiger partial charge in [0.25, 0.3) is 0 Å². The highest BCUT2D eigenvalue weighted by atomic mass is 32.2. The van der Waals surface area contributed by atoms with Crippen LogP contribution in [0.3, 0.4) is 0 Å². The largest absolute Gasteiger partial charge is 0.449 e. The van der Waals surface area contributed by atoms with Gasteiger partial charge in [0.2, 0.25) is 16.9 Å². The molecular formula is C28H35N3O5S. The van der Waals surface area contributed by atoms with Gasteiger partial charge in [0.1, 0.15) is 18.7 Å². The Balaban J connectivity index is 1.55. The molecule has 0 saturated carbocycles. The van der Waals surface area contributed by atoms with Crippen LogP contribution in [-0.2, 0) is 19.1 Å². The number of carbonyl (C=O) groups excluding carboxylic acids is 4. The zero-order valence-corrected chi connectivity index (χ0v) is 22.7. The first-order valence-corrected chi connectivity index (χ1v) is 13.5. The van der Waals surface area contributed by atoms with Crippen molar-refractivity contribution < 1.29 is 23.9 Å². The van der Waals surface area contributed by atoms with Gasteiger partial charge in [0.05, 0.1) is 6.04 Å². The maximum absolute atomic E-state index is 12.8. The minimum atomic E-state index is -0.931. The van der Waals surface area contributed by atoms with Crippen molar-refractivity contribution in [1.82, 2.24) is 16.0 Å². The van der Waals surface area contributed by atoms with Gasteiger partial charge in [-0.15, -0.1) is 0 Å². The van der Waals surface area contributed by atoms with Crippen LogP contribution in [0, 0.1) is 5.92 Å². The highest BCUT2D eigenvalue weighted by molar-refractivity contribution is 8.13. The Bertz CT molecular complexity index is 1110. The molecule has 0 spiro atoms. The van der Waals surface area contributed by atoms with Gasteiger partial charge in [0, 0.05) is 5.92 Å². The number of thioether (sulfide) groups is 1. The van der Waals surface area contributed by atoms with Crippen molar-refractivity contribution in [3.63, 3.8) is 0 Å². The molecule has 198 valence electrons. The molecule has 2 aromatic rings. The molecule has 1 aliphatic rings. The van der Waals surface area contributed by atoms with Gasteiger partial charge in [-0.05, 0) is 47.8 Å². The van der Waals surface area contributed by atoms with Gasteiger partial charge in [0.15, 0.2) is 0 Å². The average molecular weight is 526 g/mol. The zero-order chi connectivity index (χ0) is 27.1. The van der Waals surface area contributed by atoms with Gasteiger partial charge in [-0.1, -0.05) is 81.1 Å². The number of hydrogen-bond acceptors (Lipinski definition) is 6. The number of benzene rings is 2. The van der Waals surface area contributed by atoms with E-state index in [-0.39, 0.29) is 23.6 Å². The molecule has 3 atom stereocenters. The number of alkyl carbamates (subject to hydrolysis) is 1. The van der Waals surface area contributed by atoms with E-state index in [1.165, 1.54) is 6.92 Å². The van der Waals surface area contributed by atoms with E-state index in [9.17, 15) is 19.2 Å². The van der Waals surface area contributed by atoms with Crippen LogP contribution in [0.15, 0.2) is 48.5 Å². The first-order chi connectivity index (χ1) is 17.6. The summed E-state index contributed by atoms with van der Waals surface area (Å²) < 4.78 is 5.51. The molecule has 0 bridgehead atoms. The third kappa shape index (κ3) is 6.91. The number of carbonyl (C=O) groups is 4. The molecule has 9 heteroatoms.